The maximum atomic E-state index is 14.7. The van der Waals surface area contributed by atoms with Gasteiger partial charge in [-0.1, -0.05) is 12.1 Å². The molecule has 2 amide bonds. The molecule has 156 valence electrons. The Bertz CT molecular complexity index is 1090. The maximum absolute atomic E-state index is 14.7. The summed E-state index contributed by atoms with van der Waals surface area (Å²) < 4.78 is 33.6. The molecule has 0 unspecified atom stereocenters. The Balaban J connectivity index is 1.57. The van der Waals surface area contributed by atoms with E-state index in [0.29, 0.717) is 30.0 Å². The molecule has 0 aliphatic carbocycles. The molecule has 3 aromatic rings. The van der Waals surface area contributed by atoms with E-state index in [0.717, 1.165) is 5.56 Å². The summed E-state index contributed by atoms with van der Waals surface area (Å²) in [4.78, 5) is 14.3. The number of methoxy groups -OCH3 is 1. The number of rotatable bonds is 5. The van der Waals surface area contributed by atoms with Gasteiger partial charge in [0.15, 0.2) is 0 Å². The number of aliphatic hydroxyl groups excluding tert-OH is 1. The van der Waals surface area contributed by atoms with Crippen LogP contribution in [-0.2, 0) is 6.42 Å². The Morgan fingerprint density at radius 2 is 2.17 bits per heavy atom. The van der Waals surface area contributed by atoms with Crippen LogP contribution in [0.25, 0.3) is 11.1 Å². The minimum atomic E-state index is -0.717. The number of hydrogen-bond donors (Lipinski definition) is 3. The zero-order chi connectivity index (χ0) is 21.3. The van der Waals surface area contributed by atoms with Crippen LogP contribution in [0.3, 0.4) is 0 Å². The number of hydrogen-bond acceptors (Lipinski definition) is 4. The Morgan fingerprint density at radius 1 is 1.33 bits per heavy atom. The summed E-state index contributed by atoms with van der Waals surface area (Å²) in [5, 5.41) is 18.3. The van der Waals surface area contributed by atoms with Gasteiger partial charge in [0, 0.05) is 12.1 Å². The molecule has 7 nitrogen and oxygen atoms in total. The highest BCUT2D eigenvalue weighted by molar-refractivity contribution is 5.95. The summed E-state index contributed by atoms with van der Waals surface area (Å²) in [6.07, 6.45) is 1.72. The number of H-pyrrole nitrogens is 1. The number of anilines is 1. The van der Waals surface area contributed by atoms with Crippen LogP contribution in [0.2, 0.25) is 0 Å². The predicted octanol–water partition coefficient (Wildman–Crippen LogP) is 3.17. The molecule has 0 saturated carbocycles. The van der Waals surface area contributed by atoms with E-state index in [-0.39, 0.29) is 17.7 Å². The van der Waals surface area contributed by atoms with Crippen molar-refractivity contribution in [1.82, 2.24) is 15.5 Å². The summed E-state index contributed by atoms with van der Waals surface area (Å²) in [6, 6.07) is 8.68. The highest BCUT2D eigenvalue weighted by atomic mass is 19.1. The van der Waals surface area contributed by atoms with Gasteiger partial charge in [-0.3, -0.25) is 10.00 Å². The molecule has 1 aliphatic rings. The van der Waals surface area contributed by atoms with Crippen molar-refractivity contribution in [2.45, 2.75) is 12.5 Å². The third-order valence-corrected chi connectivity index (χ3v) is 5.17. The molecule has 0 bridgehead atoms. The number of aromatic amines is 1. The number of halogens is 2. The molecule has 4 rings (SSSR count). The second-order valence-electron chi connectivity index (χ2n) is 6.92. The second kappa shape index (κ2) is 8.11. The van der Waals surface area contributed by atoms with Gasteiger partial charge in [0.1, 0.15) is 11.6 Å². The minimum Gasteiger partial charge on any atom is -0.497 e. The number of amides is 2. The predicted molar refractivity (Wildman–Crippen MR) is 106 cm³/mol. The summed E-state index contributed by atoms with van der Waals surface area (Å²) in [5.74, 6) is -0.765. The number of urea groups is 1. The zero-order valence-electron chi connectivity index (χ0n) is 16.2. The minimum absolute atomic E-state index is 0.0385. The molecular formula is C21H20F2N4O3. The summed E-state index contributed by atoms with van der Waals surface area (Å²) >= 11 is 0. The Labute approximate surface area is 171 Å². The van der Waals surface area contributed by atoms with Crippen molar-refractivity contribution >= 4 is 11.7 Å². The van der Waals surface area contributed by atoms with Crippen LogP contribution in [-0.4, -0.2) is 41.6 Å². The lowest BCUT2D eigenvalue weighted by Gasteiger charge is -2.23. The van der Waals surface area contributed by atoms with Crippen LogP contribution >= 0.6 is 0 Å². The standard InChI is InChI=1S/C21H20F2N4O3/c1-30-14-4-2-3-12(7-14)18(11-28)25-21(29)27-6-5-13-8-15(17(22)9-19(13)27)16-10-24-26-20(16)23/h2-4,7-10,18,28H,5-6,11H2,1H3,(H,24,26)(H,25,29)/t18-/m1/s1. The van der Waals surface area contributed by atoms with Gasteiger partial charge < -0.3 is 15.2 Å². The number of carbonyl (C=O) groups excluding carboxylic acids is 1. The lowest BCUT2D eigenvalue weighted by atomic mass is 10.0. The van der Waals surface area contributed by atoms with Crippen LogP contribution in [0.1, 0.15) is 17.2 Å². The maximum Gasteiger partial charge on any atom is 0.322 e. The summed E-state index contributed by atoms with van der Waals surface area (Å²) in [6.45, 7) is 0.0286. The van der Waals surface area contributed by atoms with Crippen molar-refractivity contribution < 1.29 is 23.4 Å². The van der Waals surface area contributed by atoms with E-state index in [4.69, 9.17) is 4.74 Å². The van der Waals surface area contributed by atoms with Crippen LogP contribution in [0.15, 0.2) is 42.6 Å². The number of fused-ring (bicyclic) bond motifs is 1. The molecule has 1 aromatic heterocycles. The summed E-state index contributed by atoms with van der Waals surface area (Å²) in [7, 11) is 1.53. The van der Waals surface area contributed by atoms with Gasteiger partial charge in [0.05, 0.1) is 37.2 Å². The highest BCUT2D eigenvalue weighted by Crippen LogP contribution is 2.35. The van der Waals surface area contributed by atoms with Gasteiger partial charge in [0.25, 0.3) is 0 Å². The Kier molecular flexibility index (Phi) is 5.37. The van der Waals surface area contributed by atoms with E-state index < -0.39 is 23.8 Å². The number of nitrogens with zero attached hydrogens (tertiary/aromatic N) is 2. The van der Waals surface area contributed by atoms with Gasteiger partial charge in [-0.05, 0) is 41.8 Å². The average molecular weight is 414 g/mol. The van der Waals surface area contributed by atoms with E-state index in [9.17, 15) is 18.7 Å². The van der Waals surface area contributed by atoms with Crippen LogP contribution in [0, 0.1) is 11.8 Å². The number of aliphatic hydroxyl groups is 1. The first-order valence-corrected chi connectivity index (χ1v) is 9.36. The van der Waals surface area contributed by atoms with E-state index in [1.165, 1.54) is 30.3 Å². The van der Waals surface area contributed by atoms with Gasteiger partial charge >= 0.3 is 6.03 Å². The second-order valence-corrected chi connectivity index (χ2v) is 6.92. The monoisotopic (exact) mass is 414 g/mol. The molecule has 1 atom stereocenters. The van der Waals surface area contributed by atoms with Gasteiger partial charge in [-0.15, -0.1) is 0 Å². The fraction of sp³-hybridized carbons (Fsp3) is 0.238. The van der Waals surface area contributed by atoms with Gasteiger partial charge in [0.2, 0.25) is 5.95 Å². The van der Waals surface area contributed by atoms with E-state index in [1.807, 2.05) is 0 Å². The van der Waals surface area contributed by atoms with Crippen molar-refractivity contribution in [3.05, 3.63) is 65.5 Å². The fourth-order valence-corrected chi connectivity index (χ4v) is 3.61. The van der Waals surface area contributed by atoms with E-state index in [1.54, 1.807) is 24.3 Å². The largest absolute Gasteiger partial charge is 0.497 e. The van der Waals surface area contributed by atoms with Crippen molar-refractivity contribution in [3.63, 3.8) is 0 Å². The van der Waals surface area contributed by atoms with Crippen molar-refractivity contribution in [3.8, 4) is 16.9 Å². The molecule has 0 fully saturated rings. The molecule has 0 radical (unpaired) electrons. The highest BCUT2D eigenvalue weighted by Gasteiger charge is 2.29. The molecule has 3 N–H and O–H groups in total. The third kappa shape index (κ3) is 3.59. The Hall–Kier alpha value is -3.46. The molecule has 2 heterocycles. The van der Waals surface area contributed by atoms with Crippen LogP contribution < -0.4 is 15.0 Å². The quantitative estimate of drug-likeness (QED) is 0.598. The molecule has 9 heteroatoms. The fourth-order valence-electron chi connectivity index (χ4n) is 3.61. The molecule has 2 aromatic carbocycles. The molecular weight excluding hydrogens is 394 g/mol. The summed E-state index contributed by atoms with van der Waals surface area (Å²) in [5.41, 5.74) is 1.95. The van der Waals surface area contributed by atoms with Gasteiger partial charge in [-0.2, -0.15) is 9.49 Å². The van der Waals surface area contributed by atoms with Gasteiger partial charge in [-0.25, -0.2) is 9.18 Å². The number of ether oxygens (including phenoxy) is 1. The first-order chi connectivity index (χ1) is 14.5. The smallest absolute Gasteiger partial charge is 0.322 e. The number of benzene rings is 2. The zero-order valence-corrected chi connectivity index (χ0v) is 16.2. The number of nitrogens with one attached hydrogen (secondary N) is 2. The van der Waals surface area contributed by atoms with Crippen molar-refractivity contribution in [2.24, 2.45) is 0 Å². The normalized spacial score (nSPS) is 13.8. The van der Waals surface area contributed by atoms with Crippen molar-refractivity contribution in [1.29, 1.82) is 0 Å². The lowest BCUT2D eigenvalue weighted by molar-refractivity contribution is 0.221. The molecule has 0 saturated heterocycles. The SMILES string of the molecule is COc1cccc([C@@H](CO)NC(=O)N2CCc3cc(-c4cn[nH]c4F)c(F)cc32)c1. The number of aromatic nitrogens is 2. The number of carbonyl (C=O) groups is 1. The molecule has 30 heavy (non-hydrogen) atoms. The van der Waals surface area contributed by atoms with Crippen LogP contribution in [0.4, 0.5) is 19.3 Å². The first-order valence-electron chi connectivity index (χ1n) is 9.36. The third-order valence-electron chi connectivity index (χ3n) is 5.17. The van der Waals surface area contributed by atoms with E-state index >= 15 is 0 Å². The van der Waals surface area contributed by atoms with Crippen molar-refractivity contribution in [2.75, 3.05) is 25.2 Å². The average Bonchev–Trinajstić information content (AvgIpc) is 3.36. The lowest BCUT2D eigenvalue weighted by Crippen LogP contribution is -2.42. The Morgan fingerprint density at radius 3 is 2.87 bits per heavy atom. The van der Waals surface area contributed by atoms with E-state index in [2.05, 4.69) is 15.5 Å². The molecule has 1 aliphatic heterocycles. The first kappa shape index (κ1) is 19.8. The molecule has 0 spiro atoms. The van der Waals surface area contributed by atoms with Crippen LogP contribution in [0.5, 0.6) is 5.75 Å². The topological polar surface area (TPSA) is 90.5 Å².